The minimum absolute atomic E-state index is 0.0184. The molecule has 1 saturated carbocycles. The average Bonchev–Trinajstić information content (AvgIpc) is 2.83. The Balaban J connectivity index is 2.45. The van der Waals surface area contributed by atoms with Crippen molar-refractivity contribution in [1.29, 1.82) is 0 Å². The van der Waals surface area contributed by atoms with E-state index in [1.165, 1.54) is 19.3 Å². The minimum Gasteiger partial charge on any atom is -0.394 e. The van der Waals surface area contributed by atoms with E-state index in [1.54, 1.807) is 7.11 Å². The standard InChI is InChI=1S/C15H32N2O2/c1-4-16-15(13-18)9-6-7-14(15)8-10-17(5-2)11-12-19-3/h14,16,18H,4-13H2,1-3H3. The molecule has 0 aromatic rings. The summed E-state index contributed by atoms with van der Waals surface area (Å²) < 4.78 is 5.15. The molecule has 0 aliphatic heterocycles. The molecule has 0 aromatic carbocycles. The number of methoxy groups -OCH3 is 1. The number of hydrogen-bond donors (Lipinski definition) is 2. The first-order valence-electron chi connectivity index (χ1n) is 7.79. The molecule has 0 aromatic heterocycles. The highest BCUT2D eigenvalue weighted by molar-refractivity contribution is 4.98. The van der Waals surface area contributed by atoms with Crippen LogP contribution in [0, 0.1) is 5.92 Å². The van der Waals surface area contributed by atoms with Crippen molar-refractivity contribution in [3.63, 3.8) is 0 Å². The van der Waals surface area contributed by atoms with Crippen LogP contribution in [0.1, 0.15) is 39.5 Å². The number of likely N-dealkylation sites (N-methyl/N-ethyl adjacent to an activating group) is 2. The van der Waals surface area contributed by atoms with Crippen LogP contribution in [0.15, 0.2) is 0 Å². The highest BCUT2D eigenvalue weighted by Gasteiger charge is 2.41. The fraction of sp³-hybridized carbons (Fsp3) is 1.00. The van der Waals surface area contributed by atoms with Crippen molar-refractivity contribution in [2.75, 3.05) is 46.5 Å². The van der Waals surface area contributed by atoms with Crippen molar-refractivity contribution in [2.45, 2.75) is 45.1 Å². The van der Waals surface area contributed by atoms with Gasteiger partial charge in [0.15, 0.2) is 0 Å². The van der Waals surface area contributed by atoms with Crippen LogP contribution in [-0.2, 0) is 4.74 Å². The molecule has 1 rings (SSSR count). The number of aliphatic hydroxyl groups excluding tert-OH is 1. The average molecular weight is 272 g/mol. The van der Waals surface area contributed by atoms with Gasteiger partial charge in [-0.1, -0.05) is 20.3 Å². The lowest BCUT2D eigenvalue weighted by Gasteiger charge is -2.36. The Hall–Kier alpha value is -0.160. The molecule has 2 atom stereocenters. The van der Waals surface area contributed by atoms with Crippen molar-refractivity contribution in [3.05, 3.63) is 0 Å². The van der Waals surface area contributed by atoms with Gasteiger partial charge in [-0.15, -0.1) is 0 Å². The van der Waals surface area contributed by atoms with E-state index in [2.05, 4.69) is 24.1 Å². The fourth-order valence-electron chi connectivity index (χ4n) is 3.40. The van der Waals surface area contributed by atoms with E-state index in [0.717, 1.165) is 39.2 Å². The van der Waals surface area contributed by atoms with Gasteiger partial charge in [-0.25, -0.2) is 0 Å². The Bertz CT molecular complexity index is 238. The van der Waals surface area contributed by atoms with Crippen LogP contribution in [-0.4, -0.2) is 62.0 Å². The second kappa shape index (κ2) is 8.90. The summed E-state index contributed by atoms with van der Waals surface area (Å²) in [4.78, 5) is 2.44. The molecule has 0 amide bonds. The largest absolute Gasteiger partial charge is 0.394 e. The fourth-order valence-corrected chi connectivity index (χ4v) is 3.40. The van der Waals surface area contributed by atoms with Crippen LogP contribution in [0.3, 0.4) is 0 Å². The normalized spacial score (nSPS) is 27.3. The Morgan fingerprint density at radius 1 is 1.37 bits per heavy atom. The van der Waals surface area contributed by atoms with E-state index in [9.17, 15) is 5.11 Å². The van der Waals surface area contributed by atoms with Crippen molar-refractivity contribution < 1.29 is 9.84 Å². The molecule has 0 heterocycles. The molecule has 1 fully saturated rings. The monoisotopic (exact) mass is 272 g/mol. The van der Waals surface area contributed by atoms with Gasteiger partial charge in [0.1, 0.15) is 0 Å². The number of ether oxygens (including phenoxy) is 1. The Morgan fingerprint density at radius 3 is 2.74 bits per heavy atom. The first-order valence-corrected chi connectivity index (χ1v) is 7.79. The molecular weight excluding hydrogens is 240 g/mol. The molecule has 4 heteroatoms. The third kappa shape index (κ3) is 4.71. The van der Waals surface area contributed by atoms with Crippen LogP contribution in [0.5, 0.6) is 0 Å². The third-order valence-corrected chi connectivity index (χ3v) is 4.62. The molecular formula is C15H32N2O2. The lowest BCUT2D eigenvalue weighted by Crippen LogP contribution is -2.52. The maximum atomic E-state index is 9.79. The Morgan fingerprint density at radius 2 is 2.16 bits per heavy atom. The van der Waals surface area contributed by atoms with E-state index in [0.29, 0.717) is 5.92 Å². The number of nitrogens with zero attached hydrogens (tertiary/aromatic N) is 1. The second-order valence-corrected chi connectivity index (χ2v) is 5.65. The topological polar surface area (TPSA) is 44.7 Å². The van der Waals surface area contributed by atoms with Gasteiger partial charge < -0.3 is 20.1 Å². The number of aliphatic hydroxyl groups is 1. The van der Waals surface area contributed by atoms with E-state index in [-0.39, 0.29) is 12.1 Å². The van der Waals surface area contributed by atoms with Gasteiger partial charge in [0.05, 0.1) is 13.2 Å². The highest BCUT2D eigenvalue weighted by atomic mass is 16.5. The molecule has 19 heavy (non-hydrogen) atoms. The van der Waals surface area contributed by atoms with Crippen LogP contribution < -0.4 is 5.32 Å². The van der Waals surface area contributed by atoms with Gasteiger partial charge in [0.25, 0.3) is 0 Å². The number of hydrogen-bond acceptors (Lipinski definition) is 4. The van der Waals surface area contributed by atoms with Crippen LogP contribution >= 0.6 is 0 Å². The maximum absolute atomic E-state index is 9.79. The lowest BCUT2D eigenvalue weighted by atomic mass is 9.85. The molecule has 2 N–H and O–H groups in total. The Kier molecular flexibility index (Phi) is 7.91. The van der Waals surface area contributed by atoms with Crippen LogP contribution in [0.25, 0.3) is 0 Å². The zero-order chi connectivity index (χ0) is 14.1. The summed E-state index contributed by atoms with van der Waals surface area (Å²) in [6.07, 6.45) is 4.77. The van der Waals surface area contributed by atoms with Crippen molar-refractivity contribution >= 4 is 0 Å². The zero-order valence-electron chi connectivity index (χ0n) is 13.0. The Labute approximate surface area is 118 Å². The first-order chi connectivity index (χ1) is 9.22. The molecule has 1 aliphatic rings. The van der Waals surface area contributed by atoms with Crippen molar-refractivity contribution in [3.8, 4) is 0 Å². The third-order valence-electron chi connectivity index (χ3n) is 4.62. The van der Waals surface area contributed by atoms with Crippen molar-refractivity contribution in [1.82, 2.24) is 10.2 Å². The summed E-state index contributed by atoms with van der Waals surface area (Å²) in [5.41, 5.74) is -0.0184. The summed E-state index contributed by atoms with van der Waals surface area (Å²) in [7, 11) is 1.76. The SMILES string of the molecule is CCNC1(CO)CCCC1CCN(CC)CCOC. The second-order valence-electron chi connectivity index (χ2n) is 5.65. The van der Waals surface area contributed by atoms with Crippen molar-refractivity contribution in [2.24, 2.45) is 5.92 Å². The van der Waals surface area contributed by atoms with E-state index in [4.69, 9.17) is 4.74 Å². The van der Waals surface area contributed by atoms with Gasteiger partial charge in [-0.3, -0.25) is 0 Å². The van der Waals surface area contributed by atoms with E-state index < -0.39 is 0 Å². The highest BCUT2D eigenvalue weighted by Crippen LogP contribution is 2.37. The molecule has 2 unspecified atom stereocenters. The first kappa shape index (κ1) is 16.9. The van der Waals surface area contributed by atoms with Gasteiger partial charge in [0.2, 0.25) is 0 Å². The summed E-state index contributed by atoms with van der Waals surface area (Å²) in [5.74, 6) is 0.606. The smallest absolute Gasteiger partial charge is 0.0616 e. The molecule has 1 aliphatic carbocycles. The maximum Gasteiger partial charge on any atom is 0.0616 e. The molecule has 0 radical (unpaired) electrons. The molecule has 0 bridgehead atoms. The van der Waals surface area contributed by atoms with Crippen LogP contribution in [0.4, 0.5) is 0 Å². The summed E-state index contributed by atoms with van der Waals surface area (Å²) in [6, 6.07) is 0. The van der Waals surface area contributed by atoms with Gasteiger partial charge in [-0.05, 0) is 44.8 Å². The zero-order valence-corrected chi connectivity index (χ0v) is 13.0. The van der Waals surface area contributed by atoms with Gasteiger partial charge in [0, 0.05) is 19.2 Å². The molecule has 0 spiro atoms. The summed E-state index contributed by atoms with van der Waals surface area (Å²) in [5, 5.41) is 13.3. The molecule has 4 nitrogen and oxygen atoms in total. The van der Waals surface area contributed by atoms with E-state index >= 15 is 0 Å². The summed E-state index contributed by atoms with van der Waals surface area (Å²) in [6.45, 7) is 9.54. The molecule has 114 valence electrons. The number of rotatable bonds is 10. The predicted molar refractivity (Wildman–Crippen MR) is 79.4 cm³/mol. The van der Waals surface area contributed by atoms with E-state index in [1.807, 2.05) is 0 Å². The quantitative estimate of drug-likeness (QED) is 0.632. The lowest BCUT2D eigenvalue weighted by molar-refractivity contribution is 0.106. The predicted octanol–water partition coefficient (Wildman–Crippen LogP) is 1.49. The minimum atomic E-state index is -0.0184. The van der Waals surface area contributed by atoms with Crippen LogP contribution in [0.2, 0.25) is 0 Å². The number of nitrogens with one attached hydrogen (secondary N) is 1. The van der Waals surface area contributed by atoms with Gasteiger partial charge >= 0.3 is 0 Å². The summed E-state index contributed by atoms with van der Waals surface area (Å²) >= 11 is 0. The molecule has 0 saturated heterocycles. The van der Waals surface area contributed by atoms with Gasteiger partial charge in [-0.2, -0.15) is 0 Å².